The van der Waals surface area contributed by atoms with Crippen LogP contribution in [0.4, 0.5) is 0 Å². The first-order chi connectivity index (χ1) is 18.8. The highest BCUT2D eigenvalue weighted by Crippen LogP contribution is 2.34. The van der Waals surface area contributed by atoms with E-state index in [9.17, 15) is 4.79 Å². The molecule has 5 heteroatoms. The standard InChI is InChI=1S/C33H42N4O/c38-33(36-24-28-18-7-4-11-21-34-28)29(26-16-9-10-17-26)19-8-1-2-12-23-37-25-31(27-14-5-3-6-15-27)30-20-13-22-35-32(30)37/h3,5-6,13-15,18,20-22,25-26,29H,1-2,4,7-12,16-17,19,23-24H2,(H,36,38). The van der Waals surface area contributed by atoms with Crippen LogP contribution in [0.1, 0.15) is 77.0 Å². The van der Waals surface area contributed by atoms with Crippen molar-refractivity contribution in [3.8, 4) is 11.1 Å². The molecule has 1 aliphatic carbocycles. The van der Waals surface area contributed by atoms with Gasteiger partial charge < -0.3 is 9.88 Å². The number of carbonyl (C=O) groups excluding carboxylic acids is 1. The van der Waals surface area contributed by atoms with Gasteiger partial charge in [-0.2, -0.15) is 0 Å². The molecule has 0 spiro atoms. The fourth-order valence-corrected chi connectivity index (χ4v) is 6.22. The lowest BCUT2D eigenvalue weighted by Gasteiger charge is -2.23. The van der Waals surface area contributed by atoms with Gasteiger partial charge in [0.25, 0.3) is 0 Å². The molecular formula is C33H42N4O. The molecule has 0 radical (unpaired) electrons. The van der Waals surface area contributed by atoms with Gasteiger partial charge in [0.1, 0.15) is 5.65 Å². The molecule has 1 amide bonds. The number of allylic oxidation sites excluding steroid dienone is 1. The molecule has 3 heterocycles. The first kappa shape index (κ1) is 26.4. The second-order valence-corrected chi connectivity index (χ2v) is 11.0. The topological polar surface area (TPSA) is 59.3 Å². The van der Waals surface area contributed by atoms with Crippen LogP contribution in [0.2, 0.25) is 0 Å². The molecule has 1 fully saturated rings. The van der Waals surface area contributed by atoms with Gasteiger partial charge in [-0.1, -0.05) is 68.5 Å². The van der Waals surface area contributed by atoms with Crippen molar-refractivity contribution in [2.45, 2.75) is 83.6 Å². The molecule has 1 atom stereocenters. The van der Waals surface area contributed by atoms with Crippen molar-refractivity contribution in [3.63, 3.8) is 0 Å². The Morgan fingerprint density at radius 3 is 2.68 bits per heavy atom. The van der Waals surface area contributed by atoms with Crippen molar-refractivity contribution in [2.75, 3.05) is 6.54 Å². The number of amides is 1. The van der Waals surface area contributed by atoms with Gasteiger partial charge in [0.2, 0.25) is 5.91 Å². The molecule has 5 rings (SSSR count). The fourth-order valence-electron chi connectivity index (χ4n) is 6.22. The van der Waals surface area contributed by atoms with E-state index in [2.05, 4.69) is 63.5 Å². The van der Waals surface area contributed by atoms with Gasteiger partial charge in [0.05, 0.1) is 12.2 Å². The van der Waals surface area contributed by atoms with Gasteiger partial charge in [0.15, 0.2) is 0 Å². The SMILES string of the molecule is O=C(NCC1=CCCCC=N1)C(CCCCCCn1cc(-c2ccccc2)c2cccnc21)C1CCCC1. The summed E-state index contributed by atoms with van der Waals surface area (Å²) in [6.45, 7) is 1.55. The Balaban J connectivity index is 1.11. The van der Waals surface area contributed by atoms with E-state index in [4.69, 9.17) is 4.98 Å². The van der Waals surface area contributed by atoms with E-state index >= 15 is 0 Å². The van der Waals surface area contributed by atoms with Gasteiger partial charge in [-0.15, -0.1) is 0 Å². The molecule has 1 saturated carbocycles. The molecule has 5 nitrogen and oxygen atoms in total. The first-order valence-corrected chi connectivity index (χ1v) is 14.8. The molecule has 2 aliphatic rings. The van der Waals surface area contributed by atoms with Crippen LogP contribution in [0, 0.1) is 11.8 Å². The number of rotatable bonds is 12. The predicted octanol–water partition coefficient (Wildman–Crippen LogP) is 7.72. The van der Waals surface area contributed by atoms with Crippen molar-refractivity contribution in [1.82, 2.24) is 14.9 Å². The number of pyridine rings is 1. The summed E-state index contributed by atoms with van der Waals surface area (Å²) < 4.78 is 2.32. The number of nitrogens with one attached hydrogen (secondary N) is 1. The zero-order valence-electron chi connectivity index (χ0n) is 22.7. The maximum Gasteiger partial charge on any atom is 0.223 e. The third-order valence-electron chi connectivity index (χ3n) is 8.31. The van der Waals surface area contributed by atoms with Gasteiger partial charge in [-0.3, -0.25) is 9.79 Å². The third kappa shape index (κ3) is 6.80. The van der Waals surface area contributed by atoms with Crippen LogP contribution in [0.25, 0.3) is 22.2 Å². The lowest BCUT2D eigenvalue weighted by molar-refractivity contribution is -0.126. The van der Waals surface area contributed by atoms with E-state index in [1.165, 1.54) is 55.0 Å². The Morgan fingerprint density at radius 2 is 1.82 bits per heavy atom. The Morgan fingerprint density at radius 1 is 0.974 bits per heavy atom. The van der Waals surface area contributed by atoms with E-state index in [1.807, 2.05) is 18.5 Å². The summed E-state index contributed by atoms with van der Waals surface area (Å²) in [4.78, 5) is 22.4. The normalized spacial score (nSPS) is 16.9. The van der Waals surface area contributed by atoms with Crippen molar-refractivity contribution < 1.29 is 4.79 Å². The zero-order chi connectivity index (χ0) is 26.0. The molecule has 1 aromatic carbocycles. The monoisotopic (exact) mass is 510 g/mol. The van der Waals surface area contributed by atoms with Crippen LogP contribution in [-0.2, 0) is 11.3 Å². The summed E-state index contributed by atoms with van der Waals surface area (Å²) in [5.74, 6) is 0.949. The molecule has 0 saturated heterocycles. The Labute approximate surface area is 227 Å². The van der Waals surface area contributed by atoms with Crippen LogP contribution < -0.4 is 5.32 Å². The van der Waals surface area contributed by atoms with Gasteiger partial charge in [-0.25, -0.2) is 4.98 Å². The minimum Gasteiger partial charge on any atom is -0.350 e. The second kappa shape index (κ2) is 13.5. The van der Waals surface area contributed by atoms with Crippen LogP contribution in [0.3, 0.4) is 0 Å². The van der Waals surface area contributed by atoms with Crippen molar-refractivity contribution >= 4 is 23.2 Å². The van der Waals surface area contributed by atoms with E-state index in [0.717, 1.165) is 56.4 Å². The van der Waals surface area contributed by atoms with Crippen molar-refractivity contribution in [1.29, 1.82) is 0 Å². The highest BCUT2D eigenvalue weighted by molar-refractivity contribution is 5.94. The van der Waals surface area contributed by atoms with Crippen molar-refractivity contribution in [2.24, 2.45) is 16.8 Å². The largest absolute Gasteiger partial charge is 0.350 e. The first-order valence-electron chi connectivity index (χ1n) is 14.8. The van der Waals surface area contributed by atoms with Crippen LogP contribution in [0.5, 0.6) is 0 Å². The number of aromatic nitrogens is 2. The van der Waals surface area contributed by atoms with Crippen LogP contribution >= 0.6 is 0 Å². The van der Waals surface area contributed by atoms with E-state index < -0.39 is 0 Å². The quantitative estimate of drug-likeness (QED) is 0.254. The summed E-state index contributed by atoms with van der Waals surface area (Å²) in [6.07, 6.45) is 22.1. The Kier molecular flexibility index (Phi) is 9.41. The minimum atomic E-state index is 0.152. The van der Waals surface area contributed by atoms with Gasteiger partial charge in [-0.05, 0) is 68.6 Å². The summed E-state index contributed by atoms with van der Waals surface area (Å²) in [7, 11) is 0. The highest BCUT2D eigenvalue weighted by atomic mass is 16.1. The summed E-state index contributed by atoms with van der Waals surface area (Å²) in [5, 5.41) is 4.45. The Hall–Kier alpha value is -3.21. The second-order valence-electron chi connectivity index (χ2n) is 11.0. The molecule has 1 unspecified atom stereocenters. The molecule has 1 aliphatic heterocycles. The average molecular weight is 511 g/mol. The molecule has 38 heavy (non-hydrogen) atoms. The van der Waals surface area contributed by atoms with Crippen LogP contribution in [0.15, 0.2) is 71.6 Å². The lowest BCUT2D eigenvalue weighted by Crippen LogP contribution is -2.35. The molecule has 0 bridgehead atoms. The summed E-state index contributed by atoms with van der Waals surface area (Å²) in [5.41, 5.74) is 4.58. The maximum atomic E-state index is 13.2. The molecule has 200 valence electrons. The molecule has 1 N–H and O–H groups in total. The molecule has 2 aromatic heterocycles. The lowest BCUT2D eigenvalue weighted by atomic mass is 9.85. The van der Waals surface area contributed by atoms with E-state index in [0.29, 0.717) is 12.5 Å². The smallest absolute Gasteiger partial charge is 0.223 e. The van der Waals surface area contributed by atoms with Gasteiger partial charge >= 0.3 is 0 Å². The summed E-state index contributed by atoms with van der Waals surface area (Å²) in [6, 6.07) is 14.8. The zero-order valence-corrected chi connectivity index (χ0v) is 22.7. The Bertz CT molecular complexity index is 1240. The number of benzene rings is 1. The van der Waals surface area contributed by atoms with Gasteiger partial charge in [0, 0.05) is 42.0 Å². The number of carbonyl (C=O) groups is 1. The van der Waals surface area contributed by atoms with Crippen LogP contribution in [-0.4, -0.2) is 28.2 Å². The minimum absolute atomic E-state index is 0.152. The number of aryl methyl sites for hydroxylation is 1. The highest BCUT2D eigenvalue weighted by Gasteiger charge is 2.30. The summed E-state index contributed by atoms with van der Waals surface area (Å²) >= 11 is 0. The fraction of sp³-hybridized carbons (Fsp3) is 0.485. The number of fused-ring (bicyclic) bond motifs is 1. The number of hydrogen-bond acceptors (Lipinski definition) is 3. The molecule has 3 aromatic rings. The number of aliphatic imine (C=N–C) groups is 1. The number of hydrogen-bond donors (Lipinski definition) is 1. The molecular weight excluding hydrogens is 468 g/mol. The number of unbranched alkanes of at least 4 members (excludes halogenated alkanes) is 3. The van der Waals surface area contributed by atoms with E-state index in [1.54, 1.807) is 0 Å². The predicted molar refractivity (Wildman–Crippen MR) is 157 cm³/mol. The number of nitrogens with zero attached hydrogens (tertiary/aromatic N) is 3. The van der Waals surface area contributed by atoms with Crippen molar-refractivity contribution in [3.05, 3.63) is 66.6 Å². The van der Waals surface area contributed by atoms with E-state index in [-0.39, 0.29) is 11.8 Å². The average Bonchev–Trinajstić information content (AvgIpc) is 3.53. The maximum absolute atomic E-state index is 13.2. The third-order valence-corrected chi connectivity index (χ3v) is 8.31.